The van der Waals surface area contributed by atoms with E-state index in [0.717, 1.165) is 45.7 Å². The topological polar surface area (TPSA) is 47.6 Å². The number of nitrogens with one attached hydrogen (secondary N) is 1. The molecular formula is C24H27NO3. The van der Waals surface area contributed by atoms with Crippen molar-refractivity contribution in [3.63, 3.8) is 0 Å². The zero-order chi connectivity index (χ0) is 20.3. The highest BCUT2D eigenvalue weighted by Crippen LogP contribution is 2.43. The van der Waals surface area contributed by atoms with E-state index in [0.29, 0.717) is 17.9 Å². The molecule has 1 N–H and O–H groups in total. The van der Waals surface area contributed by atoms with Crippen LogP contribution in [-0.4, -0.2) is 19.6 Å². The summed E-state index contributed by atoms with van der Waals surface area (Å²) in [4.78, 5) is 12.6. The van der Waals surface area contributed by atoms with Gasteiger partial charge in [0.15, 0.2) is 0 Å². The summed E-state index contributed by atoms with van der Waals surface area (Å²) in [5, 5.41) is 2.99. The number of hydrogen-bond acceptors (Lipinski definition) is 3. The SMILES string of the molecule is C/C=C/c1cccc(OC)c1-c1cc2c(cc1CC)NC(=O)/C2=C(/C)OCC. The second-order valence-electron chi connectivity index (χ2n) is 6.65. The third kappa shape index (κ3) is 3.42. The van der Waals surface area contributed by atoms with E-state index in [-0.39, 0.29) is 5.91 Å². The molecule has 0 spiro atoms. The van der Waals surface area contributed by atoms with Crippen molar-refractivity contribution in [3.8, 4) is 16.9 Å². The average molecular weight is 377 g/mol. The van der Waals surface area contributed by atoms with Crippen molar-refractivity contribution >= 4 is 23.2 Å². The van der Waals surface area contributed by atoms with Gasteiger partial charge in [0.25, 0.3) is 5.91 Å². The molecule has 0 fully saturated rings. The molecule has 0 aromatic heterocycles. The first kappa shape index (κ1) is 19.7. The van der Waals surface area contributed by atoms with Crippen molar-refractivity contribution in [1.82, 2.24) is 0 Å². The lowest BCUT2D eigenvalue weighted by molar-refractivity contribution is -0.110. The summed E-state index contributed by atoms with van der Waals surface area (Å²) in [6.45, 7) is 8.41. The molecule has 4 heteroatoms. The predicted molar refractivity (Wildman–Crippen MR) is 115 cm³/mol. The molecular weight excluding hydrogens is 350 g/mol. The van der Waals surface area contributed by atoms with Gasteiger partial charge < -0.3 is 14.8 Å². The number of aryl methyl sites for hydroxylation is 1. The first-order valence-electron chi connectivity index (χ1n) is 9.68. The zero-order valence-electron chi connectivity index (χ0n) is 17.2. The molecule has 0 saturated heterocycles. The number of methoxy groups -OCH3 is 1. The number of ether oxygens (including phenoxy) is 2. The molecule has 0 aliphatic carbocycles. The average Bonchev–Trinajstić information content (AvgIpc) is 3.01. The van der Waals surface area contributed by atoms with E-state index in [4.69, 9.17) is 9.47 Å². The fraction of sp³-hybridized carbons (Fsp3) is 0.292. The Hall–Kier alpha value is -3.01. The van der Waals surface area contributed by atoms with E-state index >= 15 is 0 Å². The third-order valence-corrected chi connectivity index (χ3v) is 4.98. The summed E-state index contributed by atoms with van der Waals surface area (Å²) in [5.74, 6) is 1.34. The van der Waals surface area contributed by atoms with Gasteiger partial charge in [-0.2, -0.15) is 0 Å². The molecule has 2 aromatic carbocycles. The third-order valence-electron chi connectivity index (χ3n) is 4.98. The van der Waals surface area contributed by atoms with Crippen LogP contribution in [0.15, 0.2) is 42.2 Å². The summed E-state index contributed by atoms with van der Waals surface area (Å²) in [6, 6.07) is 10.2. The summed E-state index contributed by atoms with van der Waals surface area (Å²) in [7, 11) is 1.69. The van der Waals surface area contributed by atoms with E-state index in [1.165, 1.54) is 0 Å². The van der Waals surface area contributed by atoms with Crippen molar-refractivity contribution in [1.29, 1.82) is 0 Å². The van der Waals surface area contributed by atoms with Crippen LogP contribution in [0.1, 0.15) is 44.4 Å². The van der Waals surface area contributed by atoms with E-state index < -0.39 is 0 Å². The van der Waals surface area contributed by atoms with E-state index in [9.17, 15) is 4.79 Å². The van der Waals surface area contributed by atoms with Gasteiger partial charge in [-0.15, -0.1) is 0 Å². The normalized spacial score (nSPS) is 14.8. The van der Waals surface area contributed by atoms with E-state index in [2.05, 4.69) is 36.5 Å². The van der Waals surface area contributed by atoms with Crippen LogP contribution in [0.5, 0.6) is 5.75 Å². The minimum Gasteiger partial charge on any atom is -0.498 e. The minimum atomic E-state index is -0.117. The monoisotopic (exact) mass is 377 g/mol. The fourth-order valence-electron chi connectivity index (χ4n) is 3.75. The van der Waals surface area contributed by atoms with Crippen molar-refractivity contribution in [3.05, 3.63) is 58.9 Å². The number of anilines is 1. The molecule has 2 aromatic rings. The fourth-order valence-corrected chi connectivity index (χ4v) is 3.75. The Morgan fingerprint density at radius 3 is 2.61 bits per heavy atom. The Labute approximate surface area is 166 Å². The highest BCUT2D eigenvalue weighted by atomic mass is 16.5. The zero-order valence-corrected chi connectivity index (χ0v) is 17.2. The number of amides is 1. The number of hydrogen-bond donors (Lipinski definition) is 1. The highest BCUT2D eigenvalue weighted by Gasteiger charge is 2.29. The van der Waals surface area contributed by atoms with E-state index in [1.807, 2.05) is 39.0 Å². The van der Waals surface area contributed by atoms with Crippen LogP contribution in [-0.2, 0) is 16.0 Å². The Balaban J connectivity index is 2.31. The Bertz CT molecular complexity index is 970. The van der Waals surface area contributed by atoms with Gasteiger partial charge in [-0.1, -0.05) is 31.2 Å². The lowest BCUT2D eigenvalue weighted by atomic mass is 9.90. The molecule has 146 valence electrons. The summed E-state index contributed by atoms with van der Waals surface area (Å²) < 4.78 is 11.3. The van der Waals surface area contributed by atoms with Crippen molar-refractivity contribution in [2.45, 2.75) is 34.1 Å². The van der Waals surface area contributed by atoms with Crippen LogP contribution in [0.3, 0.4) is 0 Å². The summed E-state index contributed by atoms with van der Waals surface area (Å²) in [5.41, 5.74) is 6.66. The van der Waals surface area contributed by atoms with Gasteiger partial charge in [-0.25, -0.2) is 0 Å². The largest absolute Gasteiger partial charge is 0.498 e. The summed E-state index contributed by atoms with van der Waals surface area (Å²) in [6.07, 6.45) is 4.94. The van der Waals surface area contributed by atoms with E-state index in [1.54, 1.807) is 7.11 Å². The lowest BCUT2D eigenvalue weighted by Crippen LogP contribution is -2.06. The standard InChI is InChI=1S/C24H27NO3/c1-6-10-17-11-9-12-21(27-5)23(17)18-14-19-20(13-16(18)7-2)25-24(26)22(19)15(4)28-8-3/h6,9-14H,7-8H2,1-5H3,(H,25,26)/b10-6+,22-15-. The Morgan fingerprint density at radius 1 is 1.18 bits per heavy atom. The van der Waals surface area contributed by atoms with Crippen LogP contribution >= 0.6 is 0 Å². The molecule has 0 radical (unpaired) electrons. The maximum absolute atomic E-state index is 12.6. The van der Waals surface area contributed by atoms with Gasteiger partial charge in [-0.05, 0) is 62.1 Å². The summed E-state index contributed by atoms with van der Waals surface area (Å²) >= 11 is 0. The highest BCUT2D eigenvalue weighted by molar-refractivity contribution is 6.32. The van der Waals surface area contributed by atoms with Gasteiger partial charge in [0, 0.05) is 16.8 Å². The maximum Gasteiger partial charge on any atom is 0.259 e. The second kappa shape index (κ2) is 8.34. The number of fused-ring (bicyclic) bond motifs is 1. The van der Waals surface area contributed by atoms with Crippen LogP contribution in [0.25, 0.3) is 22.8 Å². The molecule has 1 aliphatic rings. The molecule has 0 saturated carbocycles. The molecule has 1 amide bonds. The maximum atomic E-state index is 12.6. The van der Waals surface area contributed by atoms with Crippen molar-refractivity contribution in [2.75, 3.05) is 19.0 Å². The minimum absolute atomic E-state index is 0.117. The van der Waals surface area contributed by atoms with Crippen molar-refractivity contribution in [2.24, 2.45) is 0 Å². The molecule has 28 heavy (non-hydrogen) atoms. The quantitative estimate of drug-likeness (QED) is 0.521. The lowest BCUT2D eigenvalue weighted by Gasteiger charge is -2.17. The van der Waals surface area contributed by atoms with Crippen LogP contribution in [0.4, 0.5) is 5.69 Å². The molecule has 0 bridgehead atoms. The van der Waals surface area contributed by atoms with Gasteiger partial charge in [0.05, 0.1) is 19.3 Å². The first-order chi connectivity index (χ1) is 13.5. The number of carbonyl (C=O) groups is 1. The van der Waals surface area contributed by atoms with Crippen LogP contribution < -0.4 is 10.1 Å². The Kier molecular flexibility index (Phi) is 5.88. The first-order valence-corrected chi connectivity index (χ1v) is 9.68. The number of carbonyl (C=O) groups excluding carboxylic acids is 1. The molecule has 1 heterocycles. The van der Waals surface area contributed by atoms with Gasteiger partial charge in [0.2, 0.25) is 0 Å². The van der Waals surface area contributed by atoms with Gasteiger partial charge in [0.1, 0.15) is 11.5 Å². The van der Waals surface area contributed by atoms with Gasteiger partial charge >= 0.3 is 0 Å². The molecule has 1 aliphatic heterocycles. The van der Waals surface area contributed by atoms with Gasteiger partial charge in [-0.3, -0.25) is 4.79 Å². The molecule has 3 rings (SSSR count). The van der Waals surface area contributed by atoms with Crippen molar-refractivity contribution < 1.29 is 14.3 Å². The predicted octanol–water partition coefficient (Wildman–Crippen LogP) is 5.68. The second-order valence-corrected chi connectivity index (χ2v) is 6.65. The molecule has 4 nitrogen and oxygen atoms in total. The number of rotatable bonds is 6. The van der Waals surface area contributed by atoms with Crippen LogP contribution in [0.2, 0.25) is 0 Å². The Morgan fingerprint density at radius 2 is 1.96 bits per heavy atom. The molecule has 0 unspecified atom stereocenters. The number of benzene rings is 2. The number of allylic oxidation sites excluding steroid dienone is 2. The molecule has 0 atom stereocenters. The van der Waals surface area contributed by atoms with Crippen LogP contribution in [0, 0.1) is 0 Å². The smallest absolute Gasteiger partial charge is 0.259 e.